The Labute approximate surface area is 162 Å². The van der Waals surface area contributed by atoms with Crippen molar-refractivity contribution in [3.05, 3.63) is 41.7 Å². The highest BCUT2D eigenvalue weighted by Crippen LogP contribution is 2.75. The molecule has 3 aliphatic carbocycles. The summed E-state index contributed by atoms with van der Waals surface area (Å²) < 4.78 is 14.0. The average Bonchev–Trinajstić information content (AvgIpc) is 3.22. The van der Waals surface area contributed by atoms with Crippen molar-refractivity contribution in [3.63, 3.8) is 0 Å². The average molecular weight is 367 g/mol. The number of piperidine rings is 1. The Morgan fingerprint density at radius 1 is 1.15 bits per heavy atom. The third-order valence-electron chi connectivity index (χ3n) is 8.71. The monoisotopic (exact) mass is 366 g/mol. The summed E-state index contributed by atoms with van der Waals surface area (Å²) in [6, 6.07) is 5.50. The lowest BCUT2D eigenvalue weighted by Crippen LogP contribution is -2.50. The maximum atomic E-state index is 14.0. The Kier molecular flexibility index (Phi) is 3.44. The molecule has 2 saturated carbocycles. The molecule has 3 fully saturated rings. The van der Waals surface area contributed by atoms with Gasteiger partial charge in [-0.25, -0.2) is 4.39 Å². The first-order chi connectivity index (χ1) is 13.1. The molecule has 0 bridgehead atoms. The van der Waals surface area contributed by atoms with Crippen LogP contribution in [0.2, 0.25) is 0 Å². The number of likely N-dealkylation sites (tertiary alicyclic amines) is 1. The first-order valence-corrected chi connectivity index (χ1v) is 11.1. The molecule has 4 atom stereocenters. The van der Waals surface area contributed by atoms with E-state index in [9.17, 15) is 4.39 Å². The van der Waals surface area contributed by atoms with Crippen molar-refractivity contribution < 1.29 is 4.39 Å². The number of halogens is 1. The maximum absolute atomic E-state index is 14.0. The van der Waals surface area contributed by atoms with Crippen LogP contribution in [0.4, 0.5) is 10.1 Å². The molecule has 1 aromatic rings. The van der Waals surface area contributed by atoms with Gasteiger partial charge in [0.2, 0.25) is 0 Å². The molecule has 27 heavy (non-hydrogen) atoms. The van der Waals surface area contributed by atoms with E-state index in [2.05, 4.69) is 28.9 Å². The third kappa shape index (κ3) is 2.27. The fraction of sp³-hybridized carbons (Fsp3) is 0.667. The van der Waals surface area contributed by atoms with Gasteiger partial charge in [-0.2, -0.15) is 0 Å². The quantitative estimate of drug-likeness (QED) is 0.719. The van der Waals surface area contributed by atoms with Crippen molar-refractivity contribution in [1.82, 2.24) is 4.90 Å². The Balaban J connectivity index is 1.15. The summed E-state index contributed by atoms with van der Waals surface area (Å²) in [5.41, 5.74) is 3.50. The van der Waals surface area contributed by atoms with E-state index >= 15 is 0 Å². The number of hydrogen-bond donors (Lipinski definition) is 0. The summed E-state index contributed by atoms with van der Waals surface area (Å²) in [4.78, 5) is 5.23. The van der Waals surface area contributed by atoms with Gasteiger partial charge < -0.3 is 9.80 Å². The predicted octanol–water partition coefficient (Wildman–Crippen LogP) is 4.60. The maximum Gasteiger partial charge on any atom is 0.123 e. The summed E-state index contributed by atoms with van der Waals surface area (Å²) in [6.07, 6.45) is 11.5. The molecule has 0 aromatic heterocycles. The smallest absolute Gasteiger partial charge is 0.123 e. The molecule has 2 nitrogen and oxygen atoms in total. The van der Waals surface area contributed by atoms with Crippen LogP contribution < -0.4 is 4.90 Å². The second-order valence-corrected chi connectivity index (χ2v) is 10.1. The van der Waals surface area contributed by atoms with E-state index in [0.29, 0.717) is 0 Å². The molecule has 144 valence electrons. The molecule has 1 unspecified atom stereocenters. The van der Waals surface area contributed by atoms with E-state index in [-0.39, 0.29) is 11.2 Å². The van der Waals surface area contributed by atoms with E-state index < -0.39 is 0 Å². The van der Waals surface area contributed by atoms with E-state index in [1.807, 2.05) is 12.1 Å². The van der Waals surface area contributed by atoms with E-state index in [0.717, 1.165) is 42.7 Å². The zero-order valence-corrected chi connectivity index (χ0v) is 16.5. The summed E-state index contributed by atoms with van der Waals surface area (Å²) in [5, 5.41) is 0. The van der Waals surface area contributed by atoms with Gasteiger partial charge in [-0.05, 0) is 92.1 Å². The number of nitrogens with zero attached hydrogens (tertiary/aromatic N) is 2. The van der Waals surface area contributed by atoms with Crippen LogP contribution in [0.15, 0.2) is 30.4 Å². The summed E-state index contributed by atoms with van der Waals surface area (Å²) >= 11 is 0. The van der Waals surface area contributed by atoms with Crippen molar-refractivity contribution >= 4 is 5.69 Å². The molecule has 1 aromatic carbocycles. The number of allylic oxidation sites excluding steroid dienone is 2. The molecule has 0 amide bonds. The van der Waals surface area contributed by atoms with Crippen LogP contribution in [-0.2, 0) is 5.41 Å². The summed E-state index contributed by atoms with van der Waals surface area (Å²) in [6.45, 7) is 8.06. The lowest BCUT2D eigenvalue weighted by Gasteiger charge is -2.47. The number of anilines is 1. The molecule has 0 N–H and O–H groups in total. The minimum atomic E-state index is -0.0688. The lowest BCUT2D eigenvalue weighted by atomic mass is 9.62. The topological polar surface area (TPSA) is 6.48 Å². The first-order valence-electron chi connectivity index (χ1n) is 11.1. The van der Waals surface area contributed by atoms with E-state index in [1.54, 1.807) is 6.07 Å². The van der Waals surface area contributed by atoms with Crippen LogP contribution in [0.3, 0.4) is 0 Å². The normalized spacial score (nSPS) is 37.9. The Morgan fingerprint density at radius 2 is 2.00 bits per heavy atom. The SMILES string of the molecule is CCCN1CC2(CCN(C[C@@H]3CC45C[C@@H]4C=C[C@H]35)CC2)c2cc(F)ccc21. The zero-order valence-electron chi connectivity index (χ0n) is 16.5. The van der Waals surface area contributed by atoms with Crippen molar-refractivity contribution in [2.45, 2.75) is 44.4 Å². The molecule has 6 rings (SSSR count). The van der Waals surface area contributed by atoms with E-state index in [1.165, 1.54) is 56.6 Å². The molecule has 1 saturated heterocycles. The van der Waals surface area contributed by atoms with Gasteiger partial charge in [0, 0.05) is 30.7 Å². The van der Waals surface area contributed by atoms with Crippen LogP contribution in [0, 0.1) is 29.0 Å². The van der Waals surface area contributed by atoms with Gasteiger partial charge in [0.25, 0.3) is 0 Å². The molecule has 3 heteroatoms. The van der Waals surface area contributed by atoms with Crippen LogP contribution in [0.25, 0.3) is 0 Å². The largest absolute Gasteiger partial charge is 0.370 e. The first kappa shape index (κ1) is 16.6. The minimum Gasteiger partial charge on any atom is -0.370 e. The van der Waals surface area contributed by atoms with Crippen LogP contribution >= 0.6 is 0 Å². The van der Waals surface area contributed by atoms with Crippen LogP contribution in [0.5, 0.6) is 0 Å². The van der Waals surface area contributed by atoms with Gasteiger partial charge in [0.1, 0.15) is 5.82 Å². The van der Waals surface area contributed by atoms with Gasteiger partial charge in [0.15, 0.2) is 0 Å². The van der Waals surface area contributed by atoms with Crippen molar-refractivity contribution in [3.8, 4) is 0 Å². The van der Waals surface area contributed by atoms with Crippen molar-refractivity contribution in [1.29, 1.82) is 0 Å². The van der Waals surface area contributed by atoms with Gasteiger partial charge in [-0.15, -0.1) is 0 Å². The molecule has 2 aliphatic heterocycles. The highest BCUT2D eigenvalue weighted by molar-refractivity contribution is 5.63. The molecule has 5 aliphatic rings. The molecule has 2 spiro atoms. The second-order valence-electron chi connectivity index (χ2n) is 10.1. The van der Waals surface area contributed by atoms with E-state index in [4.69, 9.17) is 0 Å². The van der Waals surface area contributed by atoms with Crippen molar-refractivity contribution in [2.75, 3.05) is 37.6 Å². The lowest BCUT2D eigenvalue weighted by molar-refractivity contribution is 0.0372. The van der Waals surface area contributed by atoms with Crippen molar-refractivity contribution in [2.24, 2.45) is 23.2 Å². The molecule has 2 heterocycles. The number of fused-ring (bicyclic) bond motifs is 2. The molecular formula is C24H31FN2. The molecule has 0 radical (unpaired) electrons. The Morgan fingerprint density at radius 3 is 2.74 bits per heavy atom. The highest BCUT2D eigenvalue weighted by Gasteiger charge is 2.68. The van der Waals surface area contributed by atoms with Crippen LogP contribution in [-0.4, -0.2) is 37.6 Å². The third-order valence-corrected chi connectivity index (χ3v) is 8.71. The van der Waals surface area contributed by atoms with Gasteiger partial charge in [0.05, 0.1) is 0 Å². The zero-order chi connectivity index (χ0) is 18.2. The molecular weight excluding hydrogens is 335 g/mol. The minimum absolute atomic E-state index is 0.0688. The Bertz CT molecular complexity index is 794. The van der Waals surface area contributed by atoms with Gasteiger partial charge in [-0.3, -0.25) is 0 Å². The summed E-state index contributed by atoms with van der Waals surface area (Å²) in [5.74, 6) is 2.66. The highest BCUT2D eigenvalue weighted by atomic mass is 19.1. The predicted molar refractivity (Wildman–Crippen MR) is 108 cm³/mol. The number of rotatable bonds is 4. The standard InChI is InChI=1S/C24H31FN2/c1-2-9-27-16-23(21-12-19(25)4-6-22(21)27)7-10-26(11-8-23)15-17-13-24-14-18(24)3-5-20(17)24/h3-6,12,17-18,20H,2,7-11,13-16H2,1H3/t17-,18-,20+,24?/m0/s1. The summed E-state index contributed by atoms with van der Waals surface area (Å²) in [7, 11) is 0. The number of hydrogen-bond acceptors (Lipinski definition) is 2. The second kappa shape index (κ2) is 5.59. The van der Waals surface area contributed by atoms with Crippen LogP contribution in [0.1, 0.15) is 44.6 Å². The fourth-order valence-corrected chi connectivity index (χ4v) is 7.21. The Hall–Kier alpha value is -1.35. The van der Waals surface area contributed by atoms with Gasteiger partial charge >= 0.3 is 0 Å². The fourth-order valence-electron chi connectivity index (χ4n) is 7.21. The number of benzene rings is 1. The van der Waals surface area contributed by atoms with Gasteiger partial charge in [-0.1, -0.05) is 19.1 Å².